The lowest BCUT2D eigenvalue weighted by Gasteiger charge is -2.10. The summed E-state index contributed by atoms with van der Waals surface area (Å²) in [6, 6.07) is 6.79. The molecule has 0 spiro atoms. The van der Waals surface area contributed by atoms with E-state index < -0.39 is 0 Å². The van der Waals surface area contributed by atoms with Crippen LogP contribution in [-0.2, 0) is 6.61 Å². The molecule has 1 aromatic carbocycles. The molecule has 5 heteroatoms. The zero-order chi connectivity index (χ0) is 13.1. The van der Waals surface area contributed by atoms with Crippen LogP contribution in [0.2, 0.25) is 10.0 Å². The van der Waals surface area contributed by atoms with Crippen molar-refractivity contribution in [1.29, 1.82) is 0 Å². The van der Waals surface area contributed by atoms with Gasteiger partial charge in [-0.3, -0.25) is 0 Å². The molecule has 0 unspecified atom stereocenters. The summed E-state index contributed by atoms with van der Waals surface area (Å²) in [6.07, 6.45) is 1.56. The van der Waals surface area contributed by atoms with Crippen LogP contribution in [0.4, 0.5) is 0 Å². The van der Waals surface area contributed by atoms with Crippen LogP contribution in [0.1, 0.15) is 11.1 Å². The zero-order valence-electron chi connectivity index (χ0n) is 9.65. The minimum atomic E-state index is -0.0496. The Morgan fingerprint density at radius 3 is 2.72 bits per heavy atom. The van der Waals surface area contributed by atoms with Crippen LogP contribution in [0.25, 0.3) is 0 Å². The first-order valence-electron chi connectivity index (χ1n) is 5.29. The monoisotopic (exact) mass is 283 g/mol. The van der Waals surface area contributed by atoms with Gasteiger partial charge in [0.05, 0.1) is 11.6 Å². The van der Waals surface area contributed by atoms with Gasteiger partial charge in [-0.25, -0.2) is 4.98 Å². The van der Waals surface area contributed by atoms with Gasteiger partial charge in [-0.1, -0.05) is 23.2 Å². The molecule has 0 aliphatic heterocycles. The second-order valence-electron chi connectivity index (χ2n) is 3.80. The number of hydrogen-bond acceptors (Lipinski definition) is 3. The summed E-state index contributed by atoms with van der Waals surface area (Å²) in [5, 5.41) is 10.0. The van der Waals surface area contributed by atoms with Crippen molar-refractivity contribution in [2.45, 2.75) is 13.5 Å². The molecule has 94 valence electrons. The molecule has 0 fully saturated rings. The summed E-state index contributed by atoms with van der Waals surface area (Å²) in [4.78, 5) is 4.13. The summed E-state index contributed by atoms with van der Waals surface area (Å²) in [5.41, 5.74) is 1.55. The molecule has 2 aromatic rings. The van der Waals surface area contributed by atoms with Gasteiger partial charge in [-0.2, -0.15) is 0 Å². The van der Waals surface area contributed by atoms with Crippen LogP contribution in [-0.4, -0.2) is 10.1 Å². The molecular formula is C13H11Cl2NO2. The quantitative estimate of drug-likeness (QED) is 0.926. The lowest BCUT2D eigenvalue weighted by Crippen LogP contribution is -1.94. The molecule has 1 aromatic heterocycles. The Balaban J connectivity index is 2.31. The molecule has 0 amide bonds. The number of rotatable bonds is 3. The SMILES string of the molecule is Cc1cc(CO)cnc1Oc1cc(Cl)ccc1Cl. The van der Waals surface area contributed by atoms with Crippen molar-refractivity contribution in [3.63, 3.8) is 0 Å². The molecule has 0 saturated carbocycles. The van der Waals surface area contributed by atoms with Crippen molar-refractivity contribution >= 4 is 23.2 Å². The first-order chi connectivity index (χ1) is 8.60. The molecular weight excluding hydrogens is 273 g/mol. The Morgan fingerprint density at radius 1 is 1.28 bits per heavy atom. The first kappa shape index (κ1) is 13.1. The third kappa shape index (κ3) is 2.93. The van der Waals surface area contributed by atoms with Gasteiger partial charge >= 0.3 is 0 Å². The highest BCUT2D eigenvalue weighted by Gasteiger charge is 2.08. The molecule has 0 atom stereocenters. The minimum Gasteiger partial charge on any atom is -0.437 e. The fourth-order valence-electron chi connectivity index (χ4n) is 1.47. The van der Waals surface area contributed by atoms with E-state index in [-0.39, 0.29) is 6.61 Å². The predicted octanol–water partition coefficient (Wildman–Crippen LogP) is 3.98. The van der Waals surface area contributed by atoms with E-state index in [9.17, 15) is 0 Å². The second kappa shape index (κ2) is 5.57. The number of aliphatic hydroxyl groups is 1. The van der Waals surface area contributed by atoms with Gasteiger partial charge in [0, 0.05) is 22.8 Å². The number of halogens is 2. The number of aryl methyl sites for hydroxylation is 1. The summed E-state index contributed by atoms with van der Waals surface area (Å²) in [6.45, 7) is 1.80. The van der Waals surface area contributed by atoms with E-state index in [0.29, 0.717) is 21.7 Å². The van der Waals surface area contributed by atoms with E-state index in [4.69, 9.17) is 33.0 Å². The molecule has 0 bridgehead atoms. The standard InChI is InChI=1S/C13H11Cl2NO2/c1-8-4-9(7-17)6-16-13(8)18-12-5-10(14)2-3-11(12)15/h2-6,17H,7H2,1H3. The number of hydrogen-bond donors (Lipinski definition) is 1. The fraction of sp³-hybridized carbons (Fsp3) is 0.154. The van der Waals surface area contributed by atoms with Crippen LogP contribution in [0.3, 0.4) is 0 Å². The Kier molecular flexibility index (Phi) is 4.07. The zero-order valence-corrected chi connectivity index (χ0v) is 11.2. The van der Waals surface area contributed by atoms with Crippen LogP contribution in [0.5, 0.6) is 11.6 Å². The van der Waals surface area contributed by atoms with Gasteiger partial charge in [-0.15, -0.1) is 0 Å². The van der Waals surface area contributed by atoms with E-state index in [1.54, 1.807) is 30.5 Å². The highest BCUT2D eigenvalue weighted by Crippen LogP contribution is 2.32. The highest BCUT2D eigenvalue weighted by molar-refractivity contribution is 6.34. The Morgan fingerprint density at radius 2 is 2.06 bits per heavy atom. The average molecular weight is 284 g/mol. The second-order valence-corrected chi connectivity index (χ2v) is 4.64. The molecule has 2 rings (SSSR count). The van der Waals surface area contributed by atoms with Crippen molar-refractivity contribution in [2.24, 2.45) is 0 Å². The Labute approximate surface area is 115 Å². The maximum atomic E-state index is 9.00. The van der Waals surface area contributed by atoms with Crippen LogP contribution in [0.15, 0.2) is 30.5 Å². The molecule has 0 aliphatic carbocycles. The van der Waals surface area contributed by atoms with Crippen molar-refractivity contribution in [3.05, 3.63) is 51.6 Å². The number of benzene rings is 1. The lowest BCUT2D eigenvalue weighted by atomic mass is 10.2. The Bertz CT molecular complexity index is 573. The van der Waals surface area contributed by atoms with Crippen molar-refractivity contribution in [3.8, 4) is 11.6 Å². The number of aromatic nitrogens is 1. The molecule has 1 heterocycles. The molecule has 3 nitrogen and oxygen atoms in total. The van der Waals surface area contributed by atoms with Crippen LogP contribution >= 0.6 is 23.2 Å². The average Bonchev–Trinajstić information content (AvgIpc) is 2.36. The van der Waals surface area contributed by atoms with Crippen LogP contribution < -0.4 is 4.74 Å². The summed E-state index contributed by atoms with van der Waals surface area (Å²) < 4.78 is 5.61. The van der Waals surface area contributed by atoms with E-state index in [0.717, 1.165) is 11.1 Å². The van der Waals surface area contributed by atoms with E-state index in [1.165, 1.54) is 0 Å². The fourth-order valence-corrected chi connectivity index (χ4v) is 1.79. The first-order valence-corrected chi connectivity index (χ1v) is 6.05. The number of nitrogens with zero attached hydrogens (tertiary/aromatic N) is 1. The summed E-state index contributed by atoms with van der Waals surface area (Å²) in [5.74, 6) is 0.896. The molecule has 18 heavy (non-hydrogen) atoms. The Hall–Kier alpha value is -1.29. The summed E-state index contributed by atoms with van der Waals surface area (Å²) in [7, 11) is 0. The van der Waals surface area contributed by atoms with E-state index in [2.05, 4.69) is 4.98 Å². The molecule has 0 radical (unpaired) electrons. The van der Waals surface area contributed by atoms with Crippen molar-refractivity contribution in [2.75, 3.05) is 0 Å². The van der Waals surface area contributed by atoms with E-state index >= 15 is 0 Å². The highest BCUT2D eigenvalue weighted by atomic mass is 35.5. The number of pyridine rings is 1. The van der Waals surface area contributed by atoms with E-state index in [1.807, 2.05) is 6.92 Å². The molecule has 0 aliphatic rings. The minimum absolute atomic E-state index is 0.0496. The maximum absolute atomic E-state index is 9.00. The number of aliphatic hydroxyl groups excluding tert-OH is 1. The molecule has 0 saturated heterocycles. The lowest BCUT2D eigenvalue weighted by molar-refractivity contribution is 0.281. The normalized spacial score (nSPS) is 10.4. The van der Waals surface area contributed by atoms with Gasteiger partial charge in [0.15, 0.2) is 0 Å². The largest absolute Gasteiger partial charge is 0.437 e. The van der Waals surface area contributed by atoms with Gasteiger partial charge < -0.3 is 9.84 Å². The third-order valence-electron chi connectivity index (χ3n) is 2.37. The predicted molar refractivity (Wildman–Crippen MR) is 71.4 cm³/mol. The van der Waals surface area contributed by atoms with Gasteiger partial charge in [0.2, 0.25) is 5.88 Å². The van der Waals surface area contributed by atoms with Gasteiger partial charge in [-0.05, 0) is 30.7 Å². The molecule has 1 N–H and O–H groups in total. The van der Waals surface area contributed by atoms with Gasteiger partial charge in [0.1, 0.15) is 5.75 Å². The van der Waals surface area contributed by atoms with Gasteiger partial charge in [0.25, 0.3) is 0 Å². The van der Waals surface area contributed by atoms with Crippen molar-refractivity contribution < 1.29 is 9.84 Å². The smallest absolute Gasteiger partial charge is 0.222 e. The third-order valence-corrected chi connectivity index (χ3v) is 2.92. The summed E-state index contributed by atoms with van der Waals surface area (Å²) >= 11 is 11.9. The van der Waals surface area contributed by atoms with Crippen molar-refractivity contribution in [1.82, 2.24) is 4.98 Å². The maximum Gasteiger partial charge on any atom is 0.222 e. The van der Waals surface area contributed by atoms with Crippen LogP contribution in [0, 0.1) is 6.92 Å². The number of ether oxygens (including phenoxy) is 1. The topological polar surface area (TPSA) is 42.4 Å².